The SMILES string of the molecule is OCc1ccc(C(F)F)c(Cl)n1. The second-order valence-corrected chi connectivity index (χ2v) is 2.50. The molecule has 0 fully saturated rings. The highest BCUT2D eigenvalue weighted by Gasteiger charge is 2.12. The number of hydrogen-bond donors (Lipinski definition) is 1. The van der Waals surface area contributed by atoms with E-state index in [4.69, 9.17) is 16.7 Å². The topological polar surface area (TPSA) is 33.1 Å². The van der Waals surface area contributed by atoms with Crippen molar-refractivity contribution in [3.63, 3.8) is 0 Å². The van der Waals surface area contributed by atoms with Crippen LogP contribution in [0.2, 0.25) is 5.15 Å². The first-order chi connectivity index (χ1) is 5.65. The predicted octanol–water partition coefficient (Wildman–Crippen LogP) is 2.16. The highest BCUT2D eigenvalue weighted by atomic mass is 35.5. The fourth-order valence-electron chi connectivity index (χ4n) is 0.733. The maximum absolute atomic E-state index is 12.1. The maximum Gasteiger partial charge on any atom is 0.266 e. The van der Waals surface area contributed by atoms with Crippen LogP contribution in [0.4, 0.5) is 8.78 Å². The van der Waals surface area contributed by atoms with E-state index in [-0.39, 0.29) is 23.0 Å². The third-order valence-corrected chi connectivity index (χ3v) is 1.64. The summed E-state index contributed by atoms with van der Waals surface area (Å²) in [6, 6.07) is 2.47. The van der Waals surface area contributed by atoms with Crippen LogP contribution >= 0.6 is 11.6 Å². The first-order valence-electron chi connectivity index (χ1n) is 3.19. The first-order valence-corrected chi connectivity index (χ1v) is 3.57. The molecule has 0 aliphatic carbocycles. The van der Waals surface area contributed by atoms with E-state index in [1.165, 1.54) is 6.07 Å². The Balaban J connectivity index is 3.03. The molecule has 0 bridgehead atoms. The number of aliphatic hydroxyl groups is 1. The molecule has 66 valence electrons. The van der Waals surface area contributed by atoms with Gasteiger partial charge in [-0.15, -0.1) is 0 Å². The molecule has 1 aromatic rings. The Hall–Kier alpha value is -0.740. The summed E-state index contributed by atoms with van der Waals surface area (Å²) in [6.45, 7) is -0.302. The molecule has 0 atom stereocenters. The summed E-state index contributed by atoms with van der Waals surface area (Å²) in [7, 11) is 0. The minimum atomic E-state index is -2.63. The van der Waals surface area contributed by atoms with Gasteiger partial charge in [0, 0.05) is 0 Å². The average molecular weight is 194 g/mol. The van der Waals surface area contributed by atoms with E-state index >= 15 is 0 Å². The highest BCUT2D eigenvalue weighted by molar-refractivity contribution is 6.30. The van der Waals surface area contributed by atoms with Crippen LogP contribution < -0.4 is 0 Å². The zero-order valence-corrected chi connectivity index (χ0v) is 6.72. The Morgan fingerprint density at radius 3 is 2.58 bits per heavy atom. The van der Waals surface area contributed by atoms with E-state index < -0.39 is 6.43 Å². The van der Waals surface area contributed by atoms with Gasteiger partial charge in [-0.05, 0) is 12.1 Å². The van der Waals surface area contributed by atoms with Gasteiger partial charge in [0.05, 0.1) is 17.9 Å². The van der Waals surface area contributed by atoms with E-state index in [1.807, 2.05) is 0 Å². The molecule has 0 aliphatic heterocycles. The smallest absolute Gasteiger partial charge is 0.266 e. The Morgan fingerprint density at radius 2 is 2.17 bits per heavy atom. The van der Waals surface area contributed by atoms with Crippen molar-refractivity contribution < 1.29 is 13.9 Å². The summed E-state index contributed by atoms with van der Waals surface area (Å²) in [6.07, 6.45) is -2.63. The van der Waals surface area contributed by atoms with Crippen molar-refractivity contribution in [3.8, 4) is 0 Å². The van der Waals surface area contributed by atoms with Crippen molar-refractivity contribution in [3.05, 3.63) is 28.5 Å². The fourth-order valence-corrected chi connectivity index (χ4v) is 0.987. The number of rotatable bonds is 2. The molecule has 0 aromatic carbocycles. The van der Waals surface area contributed by atoms with Crippen LogP contribution in [0, 0.1) is 0 Å². The number of pyridine rings is 1. The standard InChI is InChI=1S/C7H6ClF2NO/c8-6-5(7(9)10)2-1-4(3-12)11-6/h1-2,7,12H,3H2. The zero-order valence-electron chi connectivity index (χ0n) is 5.97. The summed E-state index contributed by atoms with van der Waals surface area (Å²) < 4.78 is 24.2. The van der Waals surface area contributed by atoms with Crippen molar-refractivity contribution in [2.24, 2.45) is 0 Å². The van der Waals surface area contributed by atoms with Gasteiger partial charge in [-0.25, -0.2) is 13.8 Å². The summed E-state index contributed by atoms with van der Waals surface area (Å²) in [5.41, 5.74) is -0.0294. The molecule has 0 saturated carbocycles. The molecule has 12 heavy (non-hydrogen) atoms. The van der Waals surface area contributed by atoms with Gasteiger partial charge in [-0.2, -0.15) is 0 Å². The Morgan fingerprint density at radius 1 is 1.50 bits per heavy atom. The lowest BCUT2D eigenvalue weighted by molar-refractivity contribution is 0.151. The van der Waals surface area contributed by atoms with E-state index in [2.05, 4.69) is 4.98 Å². The van der Waals surface area contributed by atoms with Crippen LogP contribution in [-0.2, 0) is 6.61 Å². The molecular formula is C7H6ClF2NO. The summed E-state index contributed by atoms with van der Waals surface area (Å²) in [4.78, 5) is 3.55. The van der Waals surface area contributed by atoms with Crippen LogP contribution in [0.25, 0.3) is 0 Å². The largest absolute Gasteiger partial charge is 0.390 e. The van der Waals surface area contributed by atoms with E-state index in [0.29, 0.717) is 0 Å². The molecule has 1 aromatic heterocycles. The van der Waals surface area contributed by atoms with E-state index in [1.54, 1.807) is 0 Å². The van der Waals surface area contributed by atoms with Gasteiger partial charge in [0.25, 0.3) is 6.43 Å². The predicted molar refractivity (Wildman–Crippen MR) is 40.1 cm³/mol. The molecule has 0 aliphatic rings. The molecule has 1 N–H and O–H groups in total. The normalized spacial score (nSPS) is 10.8. The van der Waals surface area contributed by atoms with E-state index in [0.717, 1.165) is 6.07 Å². The average Bonchev–Trinajstić information content (AvgIpc) is 2.03. The van der Waals surface area contributed by atoms with Crippen molar-refractivity contribution in [1.29, 1.82) is 0 Å². The minimum absolute atomic E-state index is 0.253. The molecule has 2 nitrogen and oxygen atoms in total. The lowest BCUT2D eigenvalue weighted by Gasteiger charge is -2.02. The molecule has 1 heterocycles. The monoisotopic (exact) mass is 193 g/mol. The highest BCUT2D eigenvalue weighted by Crippen LogP contribution is 2.25. The summed E-state index contributed by atoms with van der Waals surface area (Å²) in [5, 5.41) is 8.33. The van der Waals surface area contributed by atoms with E-state index in [9.17, 15) is 8.78 Å². The van der Waals surface area contributed by atoms with Crippen LogP contribution in [0.3, 0.4) is 0 Å². The van der Waals surface area contributed by atoms with Crippen molar-refractivity contribution in [2.75, 3.05) is 0 Å². The van der Waals surface area contributed by atoms with Crippen LogP contribution in [0.5, 0.6) is 0 Å². The number of halogens is 3. The molecule has 5 heteroatoms. The number of aromatic nitrogens is 1. The Kier molecular flexibility index (Phi) is 2.94. The zero-order chi connectivity index (χ0) is 9.14. The van der Waals surface area contributed by atoms with Gasteiger partial charge >= 0.3 is 0 Å². The summed E-state index contributed by atoms with van der Waals surface area (Å²) >= 11 is 5.40. The molecule has 0 amide bonds. The molecular weight excluding hydrogens is 188 g/mol. The van der Waals surface area contributed by atoms with Gasteiger partial charge in [-0.1, -0.05) is 11.6 Å². The number of aliphatic hydroxyl groups excluding tert-OH is 1. The molecule has 1 rings (SSSR count). The molecule has 0 unspecified atom stereocenters. The van der Waals surface area contributed by atoms with Gasteiger partial charge in [0.2, 0.25) is 0 Å². The third-order valence-electron chi connectivity index (χ3n) is 1.33. The van der Waals surface area contributed by atoms with Crippen LogP contribution in [-0.4, -0.2) is 10.1 Å². The van der Waals surface area contributed by atoms with Gasteiger partial charge in [0.15, 0.2) is 0 Å². The maximum atomic E-state index is 12.1. The van der Waals surface area contributed by atoms with Gasteiger partial charge in [0.1, 0.15) is 5.15 Å². The van der Waals surface area contributed by atoms with Crippen molar-refractivity contribution in [2.45, 2.75) is 13.0 Å². The molecule has 0 radical (unpaired) electrons. The summed E-state index contributed by atoms with van der Waals surface area (Å²) in [5.74, 6) is 0. The second-order valence-electron chi connectivity index (χ2n) is 2.14. The number of nitrogens with zero attached hydrogens (tertiary/aromatic N) is 1. The Labute approximate surface area is 72.8 Å². The second kappa shape index (κ2) is 3.78. The van der Waals surface area contributed by atoms with Crippen LogP contribution in [0.15, 0.2) is 12.1 Å². The quantitative estimate of drug-likeness (QED) is 0.731. The lowest BCUT2D eigenvalue weighted by Crippen LogP contribution is -1.94. The van der Waals surface area contributed by atoms with Crippen molar-refractivity contribution in [1.82, 2.24) is 4.98 Å². The number of hydrogen-bond acceptors (Lipinski definition) is 2. The van der Waals surface area contributed by atoms with Crippen LogP contribution in [0.1, 0.15) is 17.7 Å². The lowest BCUT2D eigenvalue weighted by atomic mass is 10.2. The third kappa shape index (κ3) is 1.89. The molecule has 0 spiro atoms. The van der Waals surface area contributed by atoms with Gasteiger partial charge < -0.3 is 5.11 Å². The number of alkyl halides is 2. The minimum Gasteiger partial charge on any atom is -0.390 e. The fraction of sp³-hybridized carbons (Fsp3) is 0.286. The first kappa shape index (κ1) is 9.35. The molecule has 0 saturated heterocycles. The van der Waals surface area contributed by atoms with Gasteiger partial charge in [-0.3, -0.25) is 0 Å². The Bertz CT molecular complexity index is 280. The van der Waals surface area contributed by atoms with Crippen molar-refractivity contribution >= 4 is 11.6 Å².